The summed E-state index contributed by atoms with van der Waals surface area (Å²) < 4.78 is 0. The fourth-order valence-electron chi connectivity index (χ4n) is 1.81. The molecule has 0 aromatic heterocycles. The Kier molecular flexibility index (Phi) is 0.850. The van der Waals surface area contributed by atoms with Crippen molar-refractivity contribution in [1.29, 1.82) is 0 Å². The summed E-state index contributed by atoms with van der Waals surface area (Å²) in [4.78, 5) is 11.0. The lowest BCUT2D eigenvalue weighted by molar-refractivity contribution is -0.121. The largest absolute Gasteiger partial charge is 0.299 e. The third kappa shape index (κ3) is 0.576. The lowest BCUT2D eigenvalue weighted by atomic mass is 10.00. The number of hydrogen-bond donors (Lipinski definition) is 0. The van der Waals surface area contributed by atoms with E-state index >= 15 is 0 Å². The number of hydrogen-bond acceptors (Lipinski definition) is 1. The van der Waals surface area contributed by atoms with Gasteiger partial charge in [0.2, 0.25) is 0 Å². The second-order valence-corrected chi connectivity index (χ2v) is 3.02. The molecule has 1 heteroatoms. The molecule has 48 valence electrons. The maximum absolute atomic E-state index is 11.0. The summed E-state index contributed by atoms with van der Waals surface area (Å²) >= 11 is 0. The van der Waals surface area contributed by atoms with Crippen molar-refractivity contribution in [3.63, 3.8) is 0 Å². The van der Waals surface area contributed by atoms with Crippen molar-refractivity contribution < 1.29 is 4.79 Å². The molecule has 0 radical (unpaired) electrons. The van der Waals surface area contributed by atoms with Gasteiger partial charge in [0.05, 0.1) is 0 Å². The van der Waals surface area contributed by atoms with E-state index in [-0.39, 0.29) is 0 Å². The molecule has 0 saturated heterocycles. The molecule has 2 fully saturated rings. The molecule has 0 amide bonds. The summed E-state index contributed by atoms with van der Waals surface area (Å²) in [6.45, 7) is 3.84. The Bertz CT molecular complexity index is 181. The first kappa shape index (κ1) is 5.21. The lowest BCUT2D eigenvalue weighted by Crippen LogP contribution is -2.07. The summed E-state index contributed by atoms with van der Waals surface area (Å²) in [5.41, 5.74) is 1.21. The Hall–Kier alpha value is -0.590. The number of allylic oxidation sites excluding steroid dienone is 1. The summed E-state index contributed by atoms with van der Waals surface area (Å²) in [5.74, 6) is 1.35. The molecular weight excluding hydrogens is 112 g/mol. The summed E-state index contributed by atoms with van der Waals surface area (Å²) in [6.07, 6.45) is 3.12. The van der Waals surface area contributed by atoms with E-state index in [4.69, 9.17) is 0 Å². The molecule has 2 rings (SSSR count). The number of rotatable bonds is 0. The van der Waals surface area contributed by atoms with Crippen LogP contribution in [0, 0.1) is 11.8 Å². The minimum absolute atomic E-state index is 0.304. The van der Waals surface area contributed by atoms with Crippen LogP contribution in [0.4, 0.5) is 0 Å². The summed E-state index contributed by atoms with van der Waals surface area (Å²) in [7, 11) is 0. The summed E-state index contributed by atoms with van der Waals surface area (Å²) in [5, 5.41) is 0. The van der Waals surface area contributed by atoms with E-state index in [0.717, 1.165) is 12.8 Å². The standard InChI is InChI=1S/C8H10O/c1-5-6-3-2-4-7(9)8(5)6/h6,8H,1-4H2. The highest BCUT2D eigenvalue weighted by atomic mass is 16.1. The zero-order valence-electron chi connectivity index (χ0n) is 5.39. The second kappa shape index (κ2) is 1.47. The van der Waals surface area contributed by atoms with Crippen LogP contribution in [-0.4, -0.2) is 5.78 Å². The SMILES string of the molecule is C=C1C2CCCC(=O)C12. The molecule has 0 aromatic carbocycles. The van der Waals surface area contributed by atoms with Crippen molar-refractivity contribution in [1.82, 2.24) is 0 Å². The molecule has 0 aliphatic heterocycles. The maximum atomic E-state index is 11.0. The monoisotopic (exact) mass is 122 g/mol. The van der Waals surface area contributed by atoms with E-state index in [1.54, 1.807) is 0 Å². The molecule has 0 bridgehead atoms. The van der Waals surface area contributed by atoms with E-state index in [2.05, 4.69) is 6.58 Å². The smallest absolute Gasteiger partial charge is 0.140 e. The van der Waals surface area contributed by atoms with Crippen molar-refractivity contribution >= 4 is 5.78 Å². The molecule has 9 heavy (non-hydrogen) atoms. The van der Waals surface area contributed by atoms with Crippen LogP contribution in [0.3, 0.4) is 0 Å². The van der Waals surface area contributed by atoms with Crippen LogP contribution < -0.4 is 0 Å². The highest BCUT2D eigenvalue weighted by Gasteiger charge is 2.48. The first-order valence-corrected chi connectivity index (χ1v) is 3.52. The van der Waals surface area contributed by atoms with Crippen molar-refractivity contribution in [2.75, 3.05) is 0 Å². The Morgan fingerprint density at radius 3 is 2.89 bits per heavy atom. The van der Waals surface area contributed by atoms with Crippen molar-refractivity contribution in [2.24, 2.45) is 11.8 Å². The molecule has 0 aromatic rings. The van der Waals surface area contributed by atoms with E-state index < -0.39 is 0 Å². The number of Topliss-reactive ketones (excluding diaryl/α,β-unsaturated/α-hetero) is 1. The van der Waals surface area contributed by atoms with Crippen molar-refractivity contribution in [3.05, 3.63) is 12.2 Å². The van der Waals surface area contributed by atoms with E-state index in [1.165, 1.54) is 12.0 Å². The van der Waals surface area contributed by atoms with Gasteiger partial charge in [-0.3, -0.25) is 4.79 Å². The van der Waals surface area contributed by atoms with Gasteiger partial charge in [0.15, 0.2) is 0 Å². The van der Waals surface area contributed by atoms with Crippen LogP contribution in [0.1, 0.15) is 19.3 Å². The Balaban J connectivity index is 2.19. The van der Waals surface area contributed by atoms with Gasteiger partial charge in [0, 0.05) is 12.3 Å². The number of carbonyl (C=O) groups excluding carboxylic acids is 1. The van der Waals surface area contributed by atoms with Gasteiger partial charge in [-0.2, -0.15) is 0 Å². The number of ketones is 1. The van der Waals surface area contributed by atoms with Gasteiger partial charge in [-0.25, -0.2) is 0 Å². The van der Waals surface area contributed by atoms with E-state index in [9.17, 15) is 4.79 Å². The van der Waals surface area contributed by atoms with Gasteiger partial charge in [-0.15, -0.1) is 0 Å². The zero-order valence-corrected chi connectivity index (χ0v) is 5.39. The van der Waals surface area contributed by atoms with Crippen LogP contribution in [0.25, 0.3) is 0 Å². The second-order valence-electron chi connectivity index (χ2n) is 3.02. The molecule has 0 N–H and O–H groups in total. The van der Waals surface area contributed by atoms with E-state index in [0.29, 0.717) is 17.6 Å². The predicted molar refractivity (Wildman–Crippen MR) is 35.0 cm³/mol. The summed E-state index contributed by atoms with van der Waals surface area (Å²) in [6, 6.07) is 0. The quantitative estimate of drug-likeness (QED) is 0.445. The molecular formula is C8H10O. The van der Waals surface area contributed by atoms with Crippen molar-refractivity contribution in [2.45, 2.75) is 19.3 Å². The van der Waals surface area contributed by atoms with Crippen molar-refractivity contribution in [3.8, 4) is 0 Å². The highest BCUT2D eigenvalue weighted by molar-refractivity contribution is 5.89. The molecule has 2 atom stereocenters. The minimum Gasteiger partial charge on any atom is -0.299 e. The maximum Gasteiger partial charge on any atom is 0.140 e. The fraction of sp³-hybridized carbons (Fsp3) is 0.625. The van der Waals surface area contributed by atoms with Crippen LogP contribution >= 0.6 is 0 Å². The van der Waals surface area contributed by atoms with Gasteiger partial charge in [-0.1, -0.05) is 12.2 Å². The number of fused-ring (bicyclic) bond motifs is 1. The van der Waals surface area contributed by atoms with Gasteiger partial charge in [0.25, 0.3) is 0 Å². The molecule has 0 heterocycles. The molecule has 2 unspecified atom stereocenters. The van der Waals surface area contributed by atoms with Crippen LogP contribution in [0.5, 0.6) is 0 Å². The average Bonchev–Trinajstić information content (AvgIpc) is 2.45. The van der Waals surface area contributed by atoms with Gasteiger partial charge >= 0.3 is 0 Å². The van der Waals surface area contributed by atoms with Crippen LogP contribution in [-0.2, 0) is 4.79 Å². The van der Waals surface area contributed by atoms with Gasteiger partial charge in [0.1, 0.15) is 5.78 Å². The predicted octanol–water partition coefficient (Wildman–Crippen LogP) is 1.54. The topological polar surface area (TPSA) is 17.1 Å². The molecule has 2 saturated carbocycles. The molecule has 0 spiro atoms. The highest BCUT2D eigenvalue weighted by Crippen LogP contribution is 2.51. The minimum atomic E-state index is 0.304. The molecule has 2 aliphatic carbocycles. The normalized spacial score (nSPS) is 40.4. The lowest BCUT2D eigenvalue weighted by Gasteiger charge is -2.03. The van der Waals surface area contributed by atoms with Crippen LogP contribution in [0.15, 0.2) is 12.2 Å². The average molecular weight is 122 g/mol. The Morgan fingerprint density at radius 1 is 1.56 bits per heavy atom. The van der Waals surface area contributed by atoms with E-state index in [1.807, 2.05) is 0 Å². The number of carbonyl (C=O) groups is 1. The van der Waals surface area contributed by atoms with Gasteiger partial charge < -0.3 is 0 Å². The zero-order chi connectivity index (χ0) is 6.43. The third-order valence-corrected chi connectivity index (χ3v) is 2.45. The first-order chi connectivity index (χ1) is 4.30. The van der Waals surface area contributed by atoms with Gasteiger partial charge in [-0.05, 0) is 18.8 Å². The Labute approximate surface area is 54.8 Å². The fourth-order valence-corrected chi connectivity index (χ4v) is 1.81. The van der Waals surface area contributed by atoms with Crippen LogP contribution in [0.2, 0.25) is 0 Å². The molecule has 1 nitrogen and oxygen atoms in total. The first-order valence-electron chi connectivity index (χ1n) is 3.52. The third-order valence-electron chi connectivity index (χ3n) is 2.45. The molecule has 2 aliphatic rings. The Morgan fingerprint density at radius 2 is 2.33 bits per heavy atom.